The lowest BCUT2D eigenvalue weighted by Gasteiger charge is -2.11. The zero-order chi connectivity index (χ0) is 19.6. The van der Waals surface area contributed by atoms with Gasteiger partial charge in [0.25, 0.3) is 0 Å². The van der Waals surface area contributed by atoms with Gasteiger partial charge in [-0.25, -0.2) is 9.38 Å². The van der Waals surface area contributed by atoms with Crippen LogP contribution >= 0.6 is 11.8 Å². The predicted octanol–water partition coefficient (Wildman–Crippen LogP) is 6.70. The third kappa shape index (κ3) is 7.51. The van der Waals surface area contributed by atoms with E-state index in [0.717, 1.165) is 46.9 Å². The number of halogens is 1. The smallest absolute Gasteiger partial charge is 0.123 e. The molecule has 1 heterocycles. The van der Waals surface area contributed by atoms with Crippen LogP contribution in [0.25, 0.3) is 5.70 Å². The lowest BCUT2D eigenvalue weighted by molar-refractivity contribution is 0.627. The number of pyridine rings is 1. The van der Waals surface area contributed by atoms with Crippen molar-refractivity contribution in [3.8, 4) is 0 Å². The maximum Gasteiger partial charge on any atom is 0.123 e. The molecule has 0 bridgehead atoms. The normalized spacial score (nSPS) is 12.7. The summed E-state index contributed by atoms with van der Waals surface area (Å²) in [6.07, 6.45) is 6.52. The van der Waals surface area contributed by atoms with E-state index >= 15 is 0 Å². The van der Waals surface area contributed by atoms with Crippen LogP contribution in [0.3, 0.4) is 0 Å². The molecule has 1 aromatic heterocycles. The van der Waals surface area contributed by atoms with Crippen LogP contribution in [0, 0.1) is 5.82 Å². The number of rotatable bonds is 8. The molecule has 0 N–H and O–H groups in total. The number of nitrogens with zero attached hydrogens (tertiary/aromatic N) is 2. The second-order valence-corrected chi connectivity index (χ2v) is 8.00. The Morgan fingerprint density at radius 1 is 1.07 bits per heavy atom. The Bertz CT molecular complexity index is 808. The number of benzene rings is 1. The first kappa shape index (κ1) is 21.1. The Kier molecular flexibility index (Phi) is 8.46. The molecule has 0 amide bonds. The van der Waals surface area contributed by atoms with Crippen LogP contribution in [-0.2, 0) is 6.42 Å². The standard InChI is InChI=1S/C23H27FN2S/c1-17(2)6-5-15-27-19(4)26-23(21-7-9-22(24)10-8-21)18(3)16-20-11-13-25-14-12-20/h7-14H,1,5-6,15-16H2,2-4H3/b23-18+,26-19?. The minimum absolute atomic E-state index is 0.236. The third-order valence-corrected chi connectivity index (χ3v) is 5.07. The second kappa shape index (κ2) is 10.8. The van der Waals surface area contributed by atoms with Gasteiger partial charge in [0.15, 0.2) is 0 Å². The van der Waals surface area contributed by atoms with Gasteiger partial charge in [-0.1, -0.05) is 5.57 Å². The molecule has 0 aliphatic rings. The average molecular weight is 383 g/mol. The highest BCUT2D eigenvalue weighted by atomic mass is 32.2. The van der Waals surface area contributed by atoms with Crippen molar-refractivity contribution in [3.63, 3.8) is 0 Å². The van der Waals surface area contributed by atoms with Crippen LogP contribution in [0.1, 0.15) is 44.7 Å². The Morgan fingerprint density at radius 3 is 2.37 bits per heavy atom. The number of allylic oxidation sites excluding steroid dienone is 2. The van der Waals surface area contributed by atoms with E-state index in [2.05, 4.69) is 25.4 Å². The summed E-state index contributed by atoms with van der Waals surface area (Å²) >= 11 is 1.76. The molecule has 0 spiro atoms. The molecule has 0 saturated carbocycles. The number of hydrogen-bond donors (Lipinski definition) is 0. The molecule has 2 rings (SSSR count). The summed E-state index contributed by atoms with van der Waals surface area (Å²) in [5, 5.41) is 1.02. The molecule has 0 saturated heterocycles. The average Bonchev–Trinajstić information content (AvgIpc) is 2.65. The molecule has 0 radical (unpaired) electrons. The molecule has 4 heteroatoms. The minimum atomic E-state index is -0.236. The summed E-state index contributed by atoms with van der Waals surface area (Å²) in [5.74, 6) is 0.780. The van der Waals surface area contributed by atoms with Crippen LogP contribution in [0.4, 0.5) is 4.39 Å². The summed E-state index contributed by atoms with van der Waals surface area (Å²) in [6.45, 7) is 10.1. The van der Waals surface area contributed by atoms with Gasteiger partial charge in [-0.15, -0.1) is 18.3 Å². The van der Waals surface area contributed by atoms with E-state index in [9.17, 15) is 4.39 Å². The third-order valence-electron chi connectivity index (χ3n) is 4.07. The molecule has 0 aliphatic heterocycles. The Labute approximate surface area is 166 Å². The summed E-state index contributed by atoms with van der Waals surface area (Å²) in [4.78, 5) is 8.96. The second-order valence-electron chi connectivity index (χ2n) is 6.71. The van der Waals surface area contributed by atoms with Crippen molar-refractivity contribution in [3.05, 3.63) is 83.5 Å². The summed E-state index contributed by atoms with van der Waals surface area (Å²) in [6, 6.07) is 10.6. The highest BCUT2D eigenvalue weighted by Gasteiger charge is 2.08. The van der Waals surface area contributed by atoms with Crippen molar-refractivity contribution in [2.75, 3.05) is 5.75 Å². The summed E-state index contributed by atoms with van der Waals surface area (Å²) in [5.41, 5.74) is 5.39. The van der Waals surface area contributed by atoms with Crippen LogP contribution in [0.2, 0.25) is 0 Å². The first-order chi connectivity index (χ1) is 13.0. The summed E-state index contributed by atoms with van der Waals surface area (Å²) < 4.78 is 13.4. The number of aliphatic imine (C=N–C) groups is 1. The van der Waals surface area contributed by atoms with Crippen molar-refractivity contribution in [2.45, 2.75) is 40.0 Å². The molecule has 2 nitrogen and oxygen atoms in total. The molecule has 2 aromatic rings. The lowest BCUT2D eigenvalue weighted by atomic mass is 10.0. The molecule has 0 aliphatic carbocycles. The van der Waals surface area contributed by atoms with Gasteiger partial charge in [-0.2, -0.15) is 0 Å². The minimum Gasteiger partial charge on any atom is -0.265 e. The van der Waals surface area contributed by atoms with Gasteiger partial charge in [0.1, 0.15) is 5.82 Å². The van der Waals surface area contributed by atoms with E-state index in [-0.39, 0.29) is 5.82 Å². The maximum absolute atomic E-state index is 13.4. The number of aromatic nitrogens is 1. The number of hydrogen-bond acceptors (Lipinski definition) is 3. The van der Waals surface area contributed by atoms with Crippen LogP contribution in [0.15, 0.2) is 71.5 Å². The molecule has 0 atom stereocenters. The van der Waals surface area contributed by atoms with Gasteiger partial charge in [-0.05, 0) is 93.3 Å². The van der Waals surface area contributed by atoms with Crippen molar-refractivity contribution in [2.24, 2.45) is 4.99 Å². The van der Waals surface area contributed by atoms with E-state index in [0.29, 0.717) is 0 Å². The fourth-order valence-electron chi connectivity index (χ4n) is 2.69. The van der Waals surface area contributed by atoms with Crippen molar-refractivity contribution in [1.82, 2.24) is 4.98 Å². The van der Waals surface area contributed by atoms with E-state index in [1.807, 2.05) is 19.1 Å². The van der Waals surface area contributed by atoms with Gasteiger partial charge in [0.05, 0.1) is 10.7 Å². The molecular formula is C23H27FN2S. The maximum atomic E-state index is 13.4. The Hall–Kier alpha value is -2.20. The van der Waals surface area contributed by atoms with Gasteiger partial charge in [0, 0.05) is 18.0 Å². The van der Waals surface area contributed by atoms with Gasteiger partial charge >= 0.3 is 0 Å². The van der Waals surface area contributed by atoms with Crippen molar-refractivity contribution < 1.29 is 4.39 Å². The molecular weight excluding hydrogens is 355 g/mol. The molecule has 142 valence electrons. The van der Waals surface area contributed by atoms with Crippen molar-refractivity contribution >= 4 is 22.5 Å². The fourth-order valence-corrected chi connectivity index (χ4v) is 3.43. The quantitative estimate of drug-likeness (QED) is 0.220. The zero-order valence-electron chi connectivity index (χ0n) is 16.3. The molecule has 1 aromatic carbocycles. The summed E-state index contributed by atoms with van der Waals surface area (Å²) in [7, 11) is 0. The van der Waals surface area contributed by atoms with Crippen LogP contribution in [0.5, 0.6) is 0 Å². The lowest BCUT2D eigenvalue weighted by Crippen LogP contribution is -1.96. The van der Waals surface area contributed by atoms with E-state index < -0.39 is 0 Å². The first-order valence-electron chi connectivity index (χ1n) is 9.12. The Balaban J connectivity index is 2.23. The fraction of sp³-hybridized carbons (Fsp3) is 0.304. The SMILES string of the molecule is C=C(C)CCCSC(C)=N/C(=C(\C)Cc1ccncc1)c1ccc(F)cc1. The molecule has 27 heavy (non-hydrogen) atoms. The topological polar surface area (TPSA) is 25.2 Å². The number of thioether (sulfide) groups is 1. The van der Waals surface area contributed by atoms with Crippen molar-refractivity contribution in [1.29, 1.82) is 0 Å². The first-order valence-corrected chi connectivity index (χ1v) is 10.1. The Morgan fingerprint density at radius 2 is 1.74 bits per heavy atom. The molecule has 0 fully saturated rings. The van der Waals surface area contributed by atoms with Gasteiger partial charge in [0.2, 0.25) is 0 Å². The monoisotopic (exact) mass is 382 g/mol. The van der Waals surface area contributed by atoms with Crippen LogP contribution < -0.4 is 0 Å². The van der Waals surface area contributed by atoms with Gasteiger partial charge < -0.3 is 0 Å². The molecule has 0 unspecified atom stereocenters. The highest BCUT2D eigenvalue weighted by molar-refractivity contribution is 8.13. The van der Waals surface area contributed by atoms with E-state index in [1.165, 1.54) is 23.3 Å². The van der Waals surface area contributed by atoms with Crippen LogP contribution in [-0.4, -0.2) is 15.8 Å². The largest absolute Gasteiger partial charge is 0.265 e. The predicted molar refractivity (Wildman–Crippen MR) is 117 cm³/mol. The zero-order valence-corrected chi connectivity index (χ0v) is 17.2. The van der Waals surface area contributed by atoms with E-state index in [1.54, 1.807) is 36.3 Å². The van der Waals surface area contributed by atoms with Gasteiger partial charge in [-0.3, -0.25) is 4.98 Å². The highest BCUT2D eigenvalue weighted by Crippen LogP contribution is 2.25. The van der Waals surface area contributed by atoms with E-state index in [4.69, 9.17) is 4.99 Å².